The molecule has 0 aromatic rings. The number of hydrogen-bond acceptors (Lipinski definition) is 0. The minimum atomic E-state index is -0.127. The summed E-state index contributed by atoms with van der Waals surface area (Å²) in [6.45, 7) is 3.98. The molecular weight excluding hydrogens is 361 g/mol. The van der Waals surface area contributed by atoms with Crippen molar-refractivity contribution in [2.45, 2.75) is 126 Å². The van der Waals surface area contributed by atoms with Crippen LogP contribution in [-0.2, 0) is 0 Å². The quantitative estimate of drug-likeness (QED) is 0.458. The van der Waals surface area contributed by atoms with Crippen molar-refractivity contribution in [3.05, 3.63) is 0 Å². The van der Waals surface area contributed by atoms with E-state index in [1.807, 2.05) is 0 Å². The van der Waals surface area contributed by atoms with Crippen LogP contribution >= 0.6 is 15.9 Å². The fourth-order valence-electron chi connectivity index (χ4n) is 8.86. The van der Waals surface area contributed by atoms with Crippen molar-refractivity contribution in [3.8, 4) is 0 Å². The van der Waals surface area contributed by atoms with Crippen molar-refractivity contribution in [2.75, 3.05) is 5.33 Å². The first-order valence-electron chi connectivity index (χ1n) is 11.5. The Morgan fingerprint density at radius 1 is 0.840 bits per heavy atom. The van der Waals surface area contributed by atoms with Gasteiger partial charge in [-0.1, -0.05) is 111 Å². The van der Waals surface area contributed by atoms with E-state index in [4.69, 9.17) is 0 Å². The molecule has 4 rings (SSSR count). The van der Waals surface area contributed by atoms with E-state index in [-0.39, 0.29) is 25.0 Å². The number of hydrogen-bond donors (Lipinski definition) is 0. The fourth-order valence-corrected chi connectivity index (χ4v) is 9.19. The van der Waals surface area contributed by atoms with Crippen LogP contribution in [-0.4, -0.2) is 18.2 Å². The molecule has 4 heteroatoms. The van der Waals surface area contributed by atoms with Crippen molar-refractivity contribution >= 4 is 28.8 Å². The molecule has 4 aliphatic heterocycles. The van der Waals surface area contributed by atoms with E-state index in [1.54, 1.807) is 83.5 Å². The Morgan fingerprint density at radius 3 is 1.72 bits per heavy atom. The van der Waals surface area contributed by atoms with Gasteiger partial charge in [-0.25, -0.2) is 0 Å². The average Bonchev–Trinajstić information content (AvgIpc) is 2.54. The summed E-state index contributed by atoms with van der Waals surface area (Å²) in [6, 6.07) is 0. The summed E-state index contributed by atoms with van der Waals surface area (Å²) in [7, 11) is 0. The summed E-state index contributed by atoms with van der Waals surface area (Å²) < 4.78 is 0. The molecule has 4 heterocycles. The van der Waals surface area contributed by atoms with Gasteiger partial charge in [0.1, 0.15) is 6.71 Å². The number of alkyl halides is 1. The zero-order valence-corrected chi connectivity index (χ0v) is 18.6. The first-order chi connectivity index (χ1) is 11.7. The Bertz CT molecular complexity index is 388. The van der Waals surface area contributed by atoms with Crippen molar-refractivity contribution in [1.29, 1.82) is 0 Å². The summed E-state index contributed by atoms with van der Waals surface area (Å²) in [4.78, 5) is 0. The summed E-state index contributed by atoms with van der Waals surface area (Å²) in [6.07, 6.45) is 21.7. The van der Waals surface area contributed by atoms with Gasteiger partial charge in [-0.3, -0.25) is 0 Å². The molecule has 0 amide bonds. The molecule has 4 aliphatic rings. The molecule has 4 bridgehead atoms. The van der Waals surface area contributed by atoms with Gasteiger partial charge in [0.05, 0.1) is 0 Å². The zero-order valence-electron chi connectivity index (χ0n) is 17.0. The maximum Gasteiger partial charge on any atom is 1.00 e. The van der Waals surface area contributed by atoms with Gasteiger partial charge in [-0.05, 0) is 6.42 Å². The average molecular weight is 399 g/mol. The normalized spacial score (nSPS) is 41.8. The van der Waals surface area contributed by atoms with Crippen LogP contribution in [0.4, 0.5) is 0 Å². The van der Waals surface area contributed by atoms with E-state index in [2.05, 4.69) is 22.8 Å². The van der Waals surface area contributed by atoms with E-state index >= 15 is 0 Å². The molecule has 0 radical (unpaired) electrons. The Hall–Kier alpha value is 1.21. The Balaban J connectivity index is 0.00000182. The van der Waals surface area contributed by atoms with Crippen molar-refractivity contribution in [2.24, 2.45) is 0 Å². The predicted molar refractivity (Wildman–Crippen MR) is 115 cm³/mol. The van der Waals surface area contributed by atoms with Crippen molar-refractivity contribution in [3.63, 3.8) is 0 Å². The Kier molecular flexibility index (Phi) is 7.65. The smallest absolute Gasteiger partial charge is 0.190 e. The van der Waals surface area contributed by atoms with Crippen LogP contribution in [0.1, 0.15) is 89.9 Å². The molecule has 0 aromatic heterocycles. The molecule has 0 saturated carbocycles. The molecule has 1 atom stereocenters. The molecule has 1 unspecified atom stereocenters. The SMILES string of the molecule is C[B-]1(C(CCCBr)B2C3CCCC2CCC3)C2CCCC1CCC2.[Li+]. The molecule has 4 fully saturated rings. The topological polar surface area (TPSA) is 0 Å². The van der Waals surface area contributed by atoms with Crippen LogP contribution < -0.4 is 18.9 Å². The molecule has 136 valence electrons. The van der Waals surface area contributed by atoms with Crippen LogP contribution in [0, 0.1) is 0 Å². The Morgan fingerprint density at radius 2 is 1.28 bits per heavy atom. The first-order valence-corrected chi connectivity index (χ1v) is 12.6. The summed E-state index contributed by atoms with van der Waals surface area (Å²) in [5, 5.41) is 1.23. The van der Waals surface area contributed by atoms with E-state index < -0.39 is 0 Å². The summed E-state index contributed by atoms with van der Waals surface area (Å²) in [5.74, 6) is 4.47. The third kappa shape index (κ3) is 3.87. The molecule has 0 aromatic carbocycles. The predicted octanol–water partition coefficient (Wildman–Crippen LogP) is 4.86. The summed E-state index contributed by atoms with van der Waals surface area (Å²) in [5.41, 5.74) is 1.11. The number of rotatable bonds is 5. The monoisotopic (exact) mass is 398 g/mol. The third-order valence-corrected chi connectivity index (χ3v) is 10.4. The van der Waals surface area contributed by atoms with Crippen molar-refractivity contribution in [1.82, 2.24) is 0 Å². The second-order valence-corrected chi connectivity index (χ2v) is 11.2. The molecule has 0 N–H and O–H groups in total. The second kappa shape index (κ2) is 9.14. The number of halogens is 1. The second-order valence-electron chi connectivity index (χ2n) is 10.4. The minimum absolute atomic E-state index is 0. The largest absolute Gasteiger partial charge is 1.00 e. The van der Waals surface area contributed by atoms with Crippen LogP contribution in [0.25, 0.3) is 0 Å². The maximum absolute atomic E-state index is 3.77. The van der Waals surface area contributed by atoms with Crippen LogP contribution in [0.3, 0.4) is 0 Å². The van der Waals surface area contributed by atoms with E-state index in [9.17, 15) is 0 Å². The third-order valence-electron chi connectivity index (χ3n) is 9.81. The molecule has 25 heavy (non-hydrogen) atoms. The van der Waals surface area contributed by atoms with Gasteiger partial charge in [-0.15, -0.1) is 0 Å². The van der Waals surface area contributed by atoms with Gasteiger partial charge < -0.3 is 0 Å². The summed E-state index contributed by atoms with van der Waals surface area (Å²) >= 11 is 3.77. The van der Waals surface area contributed by atoms with Gasteiger partial charge in [0.25, 0.3) is 0 Å². The van der Waals surface area contributed by atoms with Crippen LogP contribution in [0.15, 0.2) is 0 Å². The molecule has 0 nitrogen and oxygen atoms in total. The molecular formula is C21H38B2BrLi. The Labute approximate surface area is 178 Å². The maximum atomic E-state index is 3.77. The standard InChI is InChI=1S/C21H38B2Br.Li/c1-23(19-11-4-12-20(23)14-5-13-19)21(15-6-16-24)22-17-7-2-8-18(22)10-3-9-17;/h17-21H,2-16H2,1H3;/q-1;+1. The van der Waals surface area contributed by atoms with Gasteiger partial charge in [0.2, 0.25) is 0 Å². The minimum Gasteiger partial charge on any atom is -0.190 e. The van der Waals surface area contributed by atoms with E-state index in [0.717, 1.165) is 35.7 Å². The van der Waals surface area contributed by atoms with Gasteiger partial charge >= 0.3 is 18.9 Å². The number of fused-ring (bicyclic) bond motifs is 4. The van der Waals surface area contributed by atoms with Crippen LogP contribution in [0.2, 0.25) is 35.8 Å². The fraction of sp³-hybridized carbons (Fsp3) is 1.00. The van der Waals surface area contributed by atoms with Crippen LogP contribution in [0.5, 0.6) is 0 Å². The van der Waals surface area contributed by atoms with Gasteiger partial charge in [0, 0.05) is 11.5 Å². The van der Waals surface area contributed by atoms with Gasteiger partial charge in [0.15, 0.2) is 0 Å². The zero-order chi connectivity index (χ0) is 16.6. The molecule has 0 spiro atoms. The molecule has 0 aliphatic carbocycles. The molecule has 4 saturated heterocycles. The first kappa shape index (κ1) is 20.9. The van der Waals surface area contributed by atoms with Gasteiger partial charge in [-0.2, -0.15) is 24.2 Å². The van der Waals surface area contributed by atoms with Crippen molar-refractivity contribution < 1.29 is 18.9 Å². The van der Waals surface area contributed by atoms with E-state index in [0.29, 0.717) is 0 Å². The van der Waals surface area contributed by atoms with E-state index in [1.165, 1.54) is 11.8 Å².